The van der Waals surface area contributed by atoms with Gasteiger partial charge in [0.1, 0.15) is 0 Å². The second-order valence-corrected chi connectivity index (χ2v) is 7.63. The second-order valence-electron chi connectivity index (χ2n) is 5.72. The van der Waals surface area contributed by atoms with Gasteiger partial charge in [-0.3, -0.25) is 4.90 Å². The van der Waals surface area contributed by atoms with Crippen molar-refractivity contribution in [2.45, 2.75) is 44.7 Å². The lowest BCUT2D eigenvalue weighted by molar-refractivity contribution is 0.0562. The Morgan fingerprint density at radius 1 is 1.61 bits per heavy atom. The summed E-state index contributed by atoms with van der Waals surface area (Å²) >= 11 is 5.35. The standard InChI is InChI=1S/C14H23BrN2S/c1-11-4-3-5-14(7-11,10-16)17(2)8-13-6-12(15)9-18-13/h6,9,11H,3-5,7-8,10,16H2,1-2H3. The molecular formula is C14H23BrN2S. The van der Waals surface area contributed by atoms with E-state index in [1.54, 1.807) is 0 Å². The Bertz CT molecular complexity index is 393. The third-order valence-electron chi connectivity index (χ3n) is 4.27. The van der Waals surface area contributed by atoms with Crippen LogP contribution in [-0.4, -0.2) is 24.0 Å². The normalized spacial score (nSPS) is 28.8. The van der Waals surface area contributed by atoms with Gasteiger partial charge in [-0.1, -0.05) is 19.8 Å². The van der Waals surface area contributed by atoms with E-state index in [-0.39, 0.29) is 5.54 Å². The number of hydrogen-bond acceptors (Lipinski definition) is 3. The average Bonchev–Trinajstić information content (AvgIpc) is 2.74. The van der Waals surface area contributed by atoms with Gasteiger partial charge in [-0.05, 0) is 47.8 Å². The lowest BCUT2D eigenvalue weighted by Crippen LogP contribution is -2.54. The summed E-state index contributed by atoms with van der Waals surface area (Å²) in [6, 6.07) is 2.22. The molecular weight excluding hydrogens is 308 g/mol. The minimum atomic E-state index is 0.216. The molecule has 0 bridgehead atoms. The van der Waals surface area contributed by atoms with Gasteiger partial charge in [0.15, 0.2) is 0 Å². The van der Waals surface area contributed by atoms with E-state index < -0.39 is 0 Å². The Kier molecular flexibility index (Phi) is 4.86. The zero-order chi connectivity index (χ0) is 13.2. The molecule has 0 aliphatic heterocycles. The van der Waals surface area contributed by atoms with Gasteiger partial charge in [-0.2, -0.15) is 0 Å². The molecule has 1 fully saturated rings. The monoisotopic (exact) mass is 330 g/mol. The first-order valence-corrected chi connectivity index (χ1v) is 8.37. The van der Waals surface area contributed by atoms with E-state index >= 15 is 0 Å². The summed E-state index contributed by atoms with van der Waals surface area (Å²) in [7, 11) is 2.23. The van der Waals surface area contributed by atoms with Crippen LogP contribution in [0, 0.1) is 5.92 Å². The smallest absolute Gasteiger partial charge is 0.0335 e. The van der Waals surface area contributed by atoms with Crippen LogP contribution in [0.25, 0.3) is 0 Å². The summed E-state index contributed by atoms with van der Waals surface area (Å²) in [4.78, 5) is 3.90. The van der Waals surface area contributed by atoms with Crippen LogP contribution in [0.2, 0.25) is 0 Å². The summed E-state index contributed by atoms with van der Waals surface area (Å²) in [5.74, 6) is 0.805. The number of hydrogen-bond donors (Lipinski definition) is 1. The van der Waals surface area contributed by atoms with Crippen LogP contribution in [0.4, 0.5) is 0 Å². The molecule has 0 radical (unpaired) electrons. The highest BCUT2D eigenvalue weighted by atomic mass is 79.9. The maximum atomic E-state index is 6.11. The fraction of sp³-hybridized carbons (Fsp3) is 0.714. The summed E-state index contributed by atoms with van der Waals surface area (Å²) in [5.41, 5.74) is 6.33. The quantitative estimate of drug-likeness (QED) is 0.908. The van der Waals surface area contributed by atoms with Crippen LogP contribution in [0.5, 0.6) is 0 Å². The van der Waals surface area contributed by atoms with E-state index in [9.17, 15) is 0 Å². The van der Waals surface area contributed by atoms with Crippen LogP contribution >= 0.6 is 27.3 Å². The first-order valence-electron chi connectivity index (χ1n) is 6.70. The van der Waals surface area contributed by atoms with Gasteiger partial charge in [-0.25, -0.2) is 0 Å². The number of thiophene rings is 1. The third kappa shape index (κ3) is 3.16. The summed E-state index contributed by atoms with van der Waals surface area (Å²) in [6.07, 6.45) is 5.17. The van der Waals surface area contributed by atoms with Gasteiger partial charge in [0.05, 0.1) is 0 Å². The molecule has 102 valence electrons. The fourth-order valence-corrected chi connectivity index (χ4v) is 4.66. The van der Waals surface area contributed by atoms with Gasteiger partial charge < -0.3 is 5.73 Å². The molecule has 0 amide bonds. The molecule has 0 spiro atoms. The fourth-order valence-electron chi connectivity index (χ4n) is 3.16. The highest BCUT2D eigenvalue weighted by molar-refractivity contribution is 9.10. The topological polar surface area (TPSA) is 29.3 Å². The van der Waals surface area contributed by atoms with Crippen LogP contribution in [0.3, 0.4) is 0 Å². The molecule has 2 rings (SSSR count). The zero-order valence-corrected chi connectivity index (χ0v) is 13.7. The van der Waals surface area contributed by atoms with E-state index in [2.05, 4.69) is 46.2 Å². The highest BCUT2D eigenvalue weighted by Gasteiger charge is 2.37. The molecule has 2 N–H and O–H groups in total. The van der Waals surface area contributed by atoms with Gasteiger partial charge in [-0.15, -0.1) is 11.3 Å². The van der Waals surface area contributed by atoms with Crippen molar-refractivity contribution in [3.63, 3.8) is 0 Å². The summed E-state index contributed by atoms with van der Waals surface area (Å²) in [6.45, 7) is 4.15. The molecule has 1 heterocycles. The average molecular weight is 331 g/mol. The molecule has 1 aliphatic rings. The number of nitrogens with two attached hydrogens (primary N) is 1. The predicted molar refractivity (Wildman–Crippen MR) is 82.9 cm³/mol. The lowest BCUT2D eigenvalue weighted by atomic mass is 9.75. The molecule has 2 atom stereocenters. The first kappa shape index (κ1) is 14.5. The molecule has 18 heavy (non-hydrogen) atoms. The largest absolute Gasteiger partial charge is 0.329 e. The first-order chi connectivity index (χ1) is 8.55. The Morgan fingerprint density at radius 3 is 2.94 bits per heavy atom. The van der Waals surface area contributed by atoms with Gasteiger partial charge in [0.2, 0.25) is 0 Å². The molecule has 1 saturated carbocycles. The van der Waals surface area contributed by atoms with Crippen molar-refractivity contribution in [3.8, 4) is 0 Å². The van der Waals surface area contributed by atoms with E-state index in [1.807, 2.05) is 11.3 Å². The second kappa shape index (κ2) is 6.04. The van der Waals surface area contributed by atoms with Crippen molar-refractivity contribution in [1.29, 1.82) is 0 Å². The zero-order valence-electron chi connectivity index (χ0n) is 11.3. The molecule has 0 saturated heterocycles. The summed E-state index contributed by atoms with van der Waals surface area (Å²) in [5, 5.41) is 2.15. The summed E-state index contributed by atoms with van der Waals surface area (Å²) < 4.78 is 1.19. The van der Waals surface area contributed by atoms with Crippen molar-refractivity contribution < 1.29 is 0 Å². The van der Waals surface area contributed by atoms with Crippen molar-refractivity contribution in [2.75, 3.05) is 13.6 Å². The Labute approximate surface area is 123 Å². The Morgan fingerprint density at radius 2 is 2.39 bits per heavy atom. The van der Waals surface area contributed by atoms with Crippen LogP contribution in [0.1, 0.15) is 37.5 Å². The minimum absolute atomic E-state index is 0.216. The van der Waals surface area contributed by atoms with Crippen molar-refractivity contribution >= 4 is 27.3 Å². The van der Waals surface area contributed by atoms with Crippen molar-refractivity contribution in [1.82, 2.24) is 4.90 Å². The molecule has 1 aliphatic carbocycles. The van der Waals surface area contributed by atoms with E-state index in [1.165, 1.54) is 35.0 Å². The molecule has 0 aromatic carbocycles. The minimum Gasteiger partial charge on any atom is -0.329 e. The van der Waals surface area contributed by atoms with Gasteiger partial charge >= 0.3 is 0 Å². The number of nitrogens with zero attached hydrogens (tertiary/aromatic N) is 1. The van der Waals surface area contributed by atoms with Crippen LogP contribution < -0.4 is 5.73 Å². The Balaban J connectivity index is 2.07. The maximum Gasteiger partial charge on any atom is 0.0335 e. The highest BCUT2D eigenvalue weighted by Crippen LogP contribution is 2.36. The predicted octanol–water partition coefficient (Wildman–Crippen LogP) is 3.85. The van der Waals surface area contributed by atoms with E-state index in [0.717, 1.165) is 19.0 Å². The molecule has 2 unspecified atom stereocenters. The third-order valence-corrected chi connectivity index (χ3v) is 5.95. The molecule has 4 heteroatoms. The molecule has 1 aromatic rings. The van der Waals surface area contributed by atoms with Gasteiger partial charge in [0.25, 0.3) is 0 Å². The van der Waals surface area contributed by atoms with Crippen molar-refractivity contribution in [3.05, 3.63) is 20.8 Å². The van der Waals surface area contributed by atoms with Crippen molar-refractivity contribution in [2.24, 2.45) is 11.7 Å². The lowest BCUT2D eigenvalue weighted by Gasteiger charge is -2.46. The molecule has 1 aromatic heterocycles. The number of rotatable bonds is 4. The van der Waals surface area contributed by atoms with Crippen LogP contribution in [0.15, 0.2) is 15.9 Å². The SMILES string of the molecule is CC1CCCC(CN)(N(C)Cc2cc(Br)cs2)C1. The molecule has 2 nitrogen and oxygen atoms in total. The number of likely N-dealkylation sites (N-methyl/N-ethyl adjacent to an activating group) is 1. The Hall–Kier alpha value is 0.1000. The van der Waals surface area contributed by atoms with E-state index in [4.69, 9.17) is 5.73 Å². The van der Waals surface area contributed by atoms with Gasteiger partial charge in [0, 0.05) is 33.4 Å². The number of halogens is 1. The van der Waals surface area contributed by atoms with Crippen LogP contribution in [-0.2, 0) is 6.54 Å². The maximum absolute atomic E-state index is 6.11. The van der Waals surface area contributed by atoms with E-state index in [0.29, 0.717) is 0 Å².